The van der Waals surface area contributed by atoms with E-state index >= 15 is 0 Å². The van der Waals surface area contributed by atoms with Gasteiger partial charge in [0.15, 0.2) is 0 Å². The van der Waals surface area contributed by atoms with Crippen molar-refractivity contribution in [3.8, 4) is 0 Å². The lowest BCUT2D eigenvalue weighted by atomic mass is 10.0. The van der Waals surface area contributed by atoms with E-state index < -0.39 is 0 Å². The lowest BCUT2D eigenvalue weighted by Crippen LogP contribution is -2.09. The summed E-state index contributed by atoms with van der Waals surface area (Å²) in [6, 6.07) is 3.71. The minimum Gasteiger partial charge on any atom is -0.468 e. The summed E-state index contributed by atoms with van der Waals surface area (Å²) in [6.45, 7) is 5.98. The predicted molar refractivity (Wildman–Crippen MR) is 49.7 cm³/mol. The summed E-state index contributed by atoms with van der Waals surface area (Å²) in [4.78, 5) is 0. The van der Waals surface area contributed by atoms with E-state index in [2.05, 4.69) is 13.5 Å². The molecule has 2 nitrogen and oxygen atoms in total. The van der Waals surface area contributed by atoms with Crippen molar-refractivity contribution < 1.29 is 4.42 Å². The number of hydrogen-bond acceptors (Lipinski definition) is 2. The highest BCUT2D eigenvalue weighted by atomic mass is 16.3. The molecule has 0 saturated heterocycles. The van der Waals surface area contributed by atoms with Crippen LogP contribution in [-0.2, 0) is 0 Å². The molecule has 0 spiro atoms. The average Bonchev–Trinajstić information content (AvgIpc) is 2.56. The Bertz CT molecular complexity index is 238. The second-order valence-corrected chi connectivity index (χ2v) is 2.93. The molecule has 1 aromatic rings. The second-order valence-electron chi connectivity index (χ2n) is 2.93. The molecule has 0 saturated carbocycles. The van der Waals surface area contributed by atoms with Gasteiger partial charge in [-0.2, -0.15) is 0 Å². The number of hydrogen-bond donors (Lipinski definition) is 1. The normalized spacial score (nSPS) is 12.8. The SMILES string of the molecule is C=C(CC)CC(N)c1ccco1. The Morgan fingerprint density at radius 1 is 1.75 bits per heavy atom. The van der Waals surface area contributed by atoms with Gasteiger partial charge < -0.3 is 10.2 Å². The van der Waals surface area contributed by atoms with Crippen LogP contribution in [0, 0.1) is 0 Å². The van der Waals surface area contributed by atoms with Crippen LogP contribution in [0.4, 0.5) is 0 Å². The smallest absolute Gasteiger partial charge is 0.120 e. The van der Waals surface area contributed by atoms with Crippen LogP contribution >= 0.6 is 0 Å². The number of nitrogens with two attached hydrogens (primary N) is 1. The van der Waals surface area contributed by atoms with E-state index in [1.54, 1.807) is 6.26 Å². The van der Waals surface area contributed by atoms with Crippen molar-refractivity contribution in [3.05, 3.63) is 36.3 Å². The molecule has 0 radical (unpaired) electrons. The maximum atomic E-state index is 5.86. The van der Waals surface area contributed by atoms with Gasteiger partial charge in [-0.3, -0.25) is 0 Å². The Morgan fingerprint density at radius 3 is 3.00 bits per heavy atom. The van der Waals surface area contributed by atoms with Gasteiger partial charge in [0.2, 0.25) is 0 Å². The highest BCUT2D eigenvalue weighted by Crippen LogP contribution is 2.19. The molecule has 1 rings (SSSR count). The third kappa shape index (κ3) is 2.24. The van der Waals surface area contributed by atoms with E-state index in [9.17, 15) is 0 Å². The Labute approximate surface area is 73.1 Å². The second kappa shape index (κ2) is 4.12. The number of furan rings is 1. The number of rotatable bonds is 4. The summed E-state index contributed by atoms with van der Waals surface area (Å²) in [6.07, 6.45) is 3.43. The maximum Gasteiger partial charge on any atom is 0.120 e. The summed E-state index contributed by atoms with van der Waals surface area (Å²) in [7, 11) is 0. The minimum absolute atomic E-state index is 0.0348. The van der Waals surface area contributed by atoms with Crippen molar-refractivity contribution in [1.29, 1.82) is 0 Å². The Morgan fingerprint density at radius 2 is 2.50 bits per heavy atom. The fraction of sp³-hybridized carbons (Fsp3) is 0.400. The van der Waals surface area contributed by atoms with E-state index in [4.69, 9.17) is 10.2 Å². The average molecular weight is 165 g/mol. The maximum absolute atomic E-state index is 5.86. The highest BCUT2D eigenvalue weighted by Gasteiger charge is 2.08. The molecule has 1 unspecified atom stereocenters. The summed E-state index contributed by atoms with van der Waals surface area (Å²) < 4.78 is 5.17. The van der Waals surface area contributed by atoms with Gasteiger partial charge in [0, 0.05) is 0 Å². The molecule has 12 heavy (non-hydrogen) atoms. The first kappa shape index (κ1) is 9.07. The van der Waals surface area contributed by atoms with Crippen LogP contribution in [0.15, 0.2) is 35.0 Å². The standard InChI is InChI=1S/C10H15NO/c1-3-8(2)7-9(11)10-5-4-6-12-10/h4-6,9H,2-3,7,11H2,1H3. The van der Waals surface area contributed by atoms with Crippen LogP contribution in [-0.4, -0.2) is 0 Å². The molecule has 2 N–H and O–H groups in total. The van der Waals surface area contributed by atoms with E-state index in [0.29, 0.717) is 0 Å². The third-order valence-corrected chi connectivity index (χ3v) is 1.92. The molecule has 0 amide bonds. The van der Waals surface area contributed by atoms with E-state index in [1.165, 1.54) is 5.57 Å². The molecule has 0 aliphatic rings. The fourth-order valence-corrected chi connectivity index (χ4v) is 1.06. The molecule has 1 heterocycles. The summed E-state index contributed by atoms with van der Waals surface area (Å²) >= 11 is 0. The zero-order chi connectivity index (χ0) is 8.97. The van der Waals surface area contributed by atoms with Crippen LogP contribution in [0.3, 0.4) is 0 Å². The van der Waals surface area contributed by atoms with Gasteiger partial charge in [0.05, 0.1) is 12.3 Å². The summed E-state index contributed by atoms with van der Waals surface area (Å²) in [5, 5.41) is 0. The van der Waals surface area contributed by atoms with Gasteiger partial charge in [0.1, 0.15) is 5.76 Å². The molecule has 0 aliphatic heterocycles. The first-order valence-electron chi connectivity index (χ1n) is 4.19. The zero-order valence-electron chi connectivity index (χ0n) is 7.42. The lowest BCUT2D eigenvalue weighted by Gasteiger charge is -2.08. The van der Waals surface area contributed by atoms with Crippen molar-refractivity contribution in [2.75, 3.05) is 0 Å². The van der Waals surface area contributed by atoms with Crippen molar-refractivity contribution in [2.45, 2.75) is 25.8 Å². The van der Waals surface area contributed by atoms with Gasteiger partial charge in [-0.1, -0.05) is 19.1 Å². The van der Waals surface area contributed by atoms with Crippen molar-refractivity contribution in [1.82, 2.24) is 0 Å². The predicted octanol–water partition coefficient (Wildman–Crippen LogP) is 2.64. The van der Waals surface area contributed by atoms with Gasteiger partial charge in [-0.05, 0) is 25.0 Å². The van der Waals surface area contributed by atoms with Crippen molar-refractivity contribution in [2.24, 2.45) is 5.73 Å². The van der Waals surface area contributed by atoms with Crippen molar-refractivity contribution >= 4 is 0 Å². The highest BCUT2D eigenvalue weighted by molar-refractivity contribution is 5.08. The zero-order valence-corrected chi connectivity index (χ0v) is 7.42. The Hall–Kier alpha value is -1.02. The van der Waals surface area contributed by atoms with Crippen molar-refractivity contribution in [3.63, 3.8) is 0 Å². The Kier molecular flexibility index (Phi) is 3.11. The minimum atomic E-state index is -0.0348. The van der Waals surface area contributed by atoms with E-state index in [1.807, 2.05) is 12.1 Å². The van der Waals surface area contributed by atoms with Gasteiger partial charge in [0.25, 0.3) is 0 Å². The molecule has 66 valence electrons. The van der Waals surface area contributed by atoms with Gasteiger partial charge >= 0.3 is 0 Å². The monoisotopic (exact) mass is 165 g/mol. The Balaban J connectivity index is 2.49. The topological polar surface area (TPSA) is 39.2 Å². The van der Waals surface area contributed by atoms with Gasteiger partial charge in [-0.15, -0.1) is 0 Å². The fourth-order valence-electron chi connectivity index (χ4n) is 1.06. The molecule has 0 fully saturated rings. The molecule has 0 aromatic carbocycles. The van der Waals surface area contributed by atoms with Crippen LogP contribution in [0.1, 0.15) is 31.6 Å². The largest absolute Gasteiger partial charge is 0.468 e. The molecule has 2 heteroatoms. The molecule has 0 aliphatic carbocycles. The van der Waals surface area contributed by atoms with Crippen LogP contribution in [0.5, 0.6) is 0 Å². The molecule has 1 atom stereocenters. The van der Waals surface area contributed by atoms with Crippen LogP contribution < -0.4 is 5.73 Å². The lowest BCUT2D eigenvalue weighted by molar-refractivity contribution is 0.463. The van der Waals surface area contributed by atoms with E-state index in [0.717, 1.165) is 18.6 Å². The first-order chi connectivity index (χ1) is 5.74. The molecular weight excluding hydrogens is 150 g/mol. The summed E-state index contributed by atoms with van der Waals surface area (Å²) in [5.74, 6) is 0.838. The third-order valence-electron chi connectivity index (χ3n) is 1.92. The van der Waals surface area contributed by atoms with Crippen LogP contribution in [0.25, 0.3) is 0 Å². The van der Waals surface area contributed by atoms with E-state index in [-0.39, 0.29) is 6.04 Å². The summed E-state index contributed by atoms with van der Waals surface area (Å²) in [5.41, 5.74) is 7.03. The first-order valence-corrected chi connectivity index (χ1v) is 4.19. The molecule has 1 aromatic heterocycles. The van der Waals surface area contributed by atoms with Gasteiger partial charge in [-0.25, -0.2) is 0 Å². The molecular formula is C10H15NO. The van der Waals surface area contributed by atoms with Crippen LogP contribution in [0.2, 0.25) is 0 Å². The molecule has 0 bridgehead atoms. The quantitative estimate of drug-likeness (QED) is 0.696.